The van der Waals surface area contributed by atoms with Gasteiger partial charge in [-0.2, -0.15) is 0 Å². The van der Waals surface area contributed by atoms with Crippen molar-refractivity contribution >= 4 is 22.6 Å². The fourth-order valence-corrected chi connectivity index (χ4v) is 5.79. The Labute approximate surface area is 242 Å². The Balaban J connectivity index is 2.08. The third-order valence-corrected chi connectivity index (χ3v) is 17.1. The summed E-state index contributed by atoms with van der Waals surface area (Å²) in [4.78, 5) is 12.0. The number of hydrogen-bond acceptors (Lipinski definition) is 6. The van der Waals surface area contributed by atoms with E-state index in [2.05, 4.69) is 97.1 Å². The first-order chi connectivity index (χ1) is 18.4. The van der Waals surface area contributed by atoms with Gasteiger partial charge < -0.3 is 13.6 Å². The monoisotopic (exact) mass is 581 g/mol. The third kappa shape index (κ3) is 7.04. The van der Waals surface area contributed by atoms with Gasteiger partial charge in [-0.25, -0.2) is 9.48 Å². The van der Waals surface area contributed by atoms with Crippen LogP contribution in [-0.2, 0) is 17.7 Å². The molecule has 0 radical (unpaired) electrons. The highest BCUT2D eigenvalue weighted by atomic mass is 28.4. The van der Waals surface area contributed by atoms with Crippen molar-refractivity contribution in [1.29, 1.82) is 0 Å². The Kier molecular flexibility index (Phi) is 9.11. The number of aryl methyl sites for hydroxylation is 1. The second kappa shape index (κ2) is 11.5. The van der Waals surface area contributed by atoms with Crippen LogP contribution >= 0.6 is 0 Å². The minimum atomic E-state index is -2.17. The summed E-state index contributed by atoms with van der Waals surface area (Å²) in [5, 5.41) is 9.07. The van der Waals surface area contributed by atoms with E-state index in [1.807, 2.05) is 24.4 Å². The zero-order chi connectivity index (χ0) is 30.1. The van der Waals surface area contributed by atoms with Crippen molar-refractivity contribution in [2.45, 2.75) is 97.7 Å². The quantitative estimate of drug-likeness (QED) is 0.188. The Morgan fingerprint density at radius 3 is 2.05 bits per heavy atom. The molecule has 0 atom stereocenters. The maximum Gasteiger partial charge on any atom is 0.337 e. The van der Waals surface area contributed by atoms with Crippen LogP contribution in [0.1, 0.15) is 70.0 Å². The van der Waals surface area contributed by atoms with E-state index in [1.165, 1.54) is 7.11 Å². The van der Waals surface area contributed by atoms with E-state index in [0.29, 0.717) is 12.1 Å². The number of methoxy groups -OCH3 is 1. The lowest BCUT2D eigenvalue weighted by Gasteiger charge is -2.39. The molecule has 40 heavy (non-hydrogen) atoms. The summed E-state index contributed by atoms with van der Waals surface area (Å²) in [6, 6.07) is 11.6. The second-order valence-electron chi connectivity index (χ2n) is 13.5. The lowest BCUT2D eigenvalue weighted by molar-refractivity contribution is 0.0600. The normalized spacial score (nSPS) is 12.8. The molecule has 0 saturated carbocycles. The zero-order valence-corrected chi connectivity index (χ0v) is 28.4. The molecule has 2 aromatic carbocycles. The van der Waals surface area contributed by atoms with E-state index in [9.17, 15) is 4.79 Å². The largest absolute Gasteiger partial charge is 0.543 e. The molecule has 0 spiro atoms. The molecule has 3 rings (SSSR count). The number of aromatic nitrogens is 3. The summed E-state index contributed by atoms with van der Waals surface area (Å²) in [5.74, 6) is 1.33. The zero-order valence-electron chi connectivity index (χ0n) is 26.4. The van der Waals surface area contributed by atoms with Crippen molar-refractivity contribution in [2.75, 3.05) is 7.11 Å². The van der Waals surface area contributed by atoms with E-state index in [-0.39, 0.29) is 16.0 Å². The molecule has 7 nitrogen and oxygen atoms in total. The number of carbonyl (C=O) groups is 1. The summed E-state index contributed by atoms with van der Waals surface area (Å²) in [7, 11) is -2.86. The van der Waals surface area contributed by atoms with Gasteiger partial charge in [0.2, 0.25) is 8.32 Å². The van der Waals surface area contributed by atoms with Crippen LogP contribution in [0, 0.1) is 0 Å². The molecule has 0 bridgehead atoms. The van der Waals surface area contributed by atoms with Crippen molar-refractivity contribution in [3.05, 3.63) is 59.3 Å². The van der Waals surface area contributed by atoms with Crippen LogP contribution in [0.5, 0.6) is 11.5 Å². The van der Waals surface area contributed by atoms with Gasteiger partial charge in [0.25, 0.3) is 8.32 Å². The van der Waals surface area contributed by atoms with E-state index in [4.69, 9.17) is 13.6 Å². The molecule has 0 fully saturated rings. The van der Waals surface area contributed by atoms with E-state index in [1.54, 1.807) is 10.7 Å². The van der Waals surface area contributed by atoms with Gasteiger partial charge in [0.15, 0.2) is 0 Å². The number of esters is 1. The molecular weight excluding hydrogens is 535 g/mol. The number of benzene rings is 2. The fourth-order valence-electron chi connectivity index (χ4n) is 3.72. The number of nitrogens with zero attached hydrogens (tertiary/aromatic N) is 3. The van der Waals surface area contributed by atoms with E-state index < -0.39 is 16.6 Å². The van der Waals surface area contributed by atoms with Gasteiger partial charge in [-0.15, -0.1) is 5.10 Å². The number of ether oxygens (including phenoxy) is 1. The van der Waals surface area contributed by atoms with Gasteiger partial charge in [-0.05, 0) is 72.0 Å². The van der Waals surface area contributed by atoms with E-state index in [0.717, 1.165) is 40.3 Å². The van der Waals surface area contributed by atoms with Crippen molar-refractivity contribution in [1.82, 2.24) is 15.0 Å². The van der Waals surface area contributed by atoms with Crippen LogP contribution in [0.25, 0.3) is 11.3 Å². The highest BCUT2D eigenvalue weighted by Gasteiger charge is 2.41. The summed E-state index contributed by atoms with van der Waals surface area (Å²) in [5.41, 5.74) is 4.23. The maximum absolute atomic E-state index is 12.0. The first kappa shape index (κ1) is 31.6. The Hall–Kier alpha value is -2.92. The minimum Gasteiger partial charge on any atom is -0.543 e. The third-order valence-electron chi connectivity index (χ3n) is 8.39. The summed E-state index contributed by atoms with van der Waals surface area (Å²) in [6.45, 7) is 25.2. The molecule has 0 amide bonds. The molecular formula is C31H47N3O4Si2. The molecule has 0 aliphatic carbocycles. The topological polar surface area (TPSA) is 75.5 Å². The SMILES string of the molecule is CCc1cc(-c2cn(Cc3cccc(C(=O)OC)c3)nn2)c(O[Si](C)(C)C(C)(C)C)cc1O[Si](C)(C)C(C)(C)C. The van der Waals surface area contributed by atoms with Gasteiger partial charge in [-0.3, -0.25) is 0 Å². The average Bonchev–Trinajstić information content (AvgIpc) is 3.30. The summed E-state index contributed by atoms with van der Waals surface area (Å²) < 4.78 is 20.4. The molecule has 0 unspecified atom stereocenters. The highest BCUT2D eigenvalue weighted by molar-refractivity contribution is 6.75. The van der Waals surface area contributed by atoms with Gasteiger partial charge in [0.05, 0.1) is 25.4 Å². The molecule has 1 aromatic heterocycles. The first-order valence-corrected chi connectivity index (χ1v) is 19.8. The van der Waals surface area contributed by atoms with Crippen LogP contribution in [0.4, 0.5) is 0 Å². The predicted octanol–water partition coefficient (Wildman–Crippen LogP) is 8.11. The number of rotatable bonds is 9. The molecule has 9 heteroatoms. The molecule has 218 valence electrons. The molecule has 0 saturated heterocycles. The van der Waals surface area contributed by atoms with Crippen LogP contribution < -0.4 is 8.85 Å². The minimum absolute atomic E-state index is 0.0242. The van der Waals surface area contributed by atoms with Crippen molar-refractivity contribution in [3.63, 3.8) is 0 Å². The van der Waals surface area contributed by atoms with Crippen LogP contribution in [0.2, 0.25) is 36.3 Å². The molecule has 3 aromatic rings. The summed E-state index contributed by atoms with van der Waals surface area (Å²) >= 11 is 0. The van der Waals surface area contributed by atoms with Crippen molar-refractivity contribution in [2.24, 2.45) is 0 Å². The Bertz CT molecular complexity index is 1350. The van der Waals surface area contributed by atoms with Crippen molar-refractivity contribution < 1.29 is 18.4 Å². The van der Waals surface area contributed by atoms with E-state index >= 15 is 0 Å². The molecule has 0 N–H and O–H groups in total. The smallest absolute Gasteiger partial charge is 0.337 e. The van der Waals surface area contributed by atoms with Crippen LogP contribution in [-0.4, -0.2) is 44.7 Å². The van der Waals surface area contributed by atoms with Gasteiger partial charge in [-0.1, -0.05) is 65.8 Å². The van der Waals surface area contributed by atoms with Crippen LogP contribution in [0.15, 0.2) is 42.6 Å². The van der Waals surface area contributed by atoms with Gasteiger partial charge in [0, 0.05) is 11.6 Å². The second-order valence-corrected chi connectivity index (χ2v) is 23.0. The maximum atomic E-state index is 12.0. The van der Waals surface area contributed by atoms with Crippen molar-refractivity contribution in [3.8, 4) is 22.8 Å². The molecule has 1 heterocycles. The average molecular weight is 582 g/mol. The Morgan fingerprint density at radius 2 is 1.50 bits per heavy atom. The lowest BCUT2D eigenvalue weighted by Crippen LogP contribution is -2.44. The Morgan fingerprint density at radius 1 is 0.900 bits per heavy atom. The van der Waals surface area contributed by atoms with Gasteiger partial charge >= 0.3 is 5.97 Å². The standard InChI is InChI=1S/C31H47N3O4Si2/c1-13-23-18-25(26-21-34(33-32-26)20-22-15-14-16-24(17-22)29(35)36-8)28(38-40(11,12)31(5,6)7)19-27(23)37-39(9,10)30(2,3)4/h14-19,21H,13,20H2,1-12H3. The fraction of sp³-hybridized carbons (Fsp3) is 0.516. The van der Waals surface area contributed by atoms with Gasteiger partial charge in [0.1, 0.15) is 17.2 Å². The predicted molar refractivity (Wildman–Crippen MR) is 167 cm³/mol. The molecule has 0 aliphatic rings. The number of carbonyl (C=O) groups excluding carboxylic acids is 1. The molecule has 0 aliphatic heterocycles. The first-order valence-electron chi connectivity index (χ1n) is 14.0. The summed E-state index contributed by atoms with van der Waals surface area (Å²) in [6.07, 6.45) is 2.76. The number of hydrogen-bond donors (Lipinski definition) is 0. The highest BCUT2D eigenvalue weighted by Crippen LogP contribution is 2.44. The lowest BCUT2D eigenvalue weighted by atomic mass is 10.0. The van der Waals surface area contributed by atoms with Crippen LogP contribution in [0.3, 0.4) is 0 Å².